The zero-order valence-electron chi connectivity index (χ0n) is 12.6. The van der Waals surface area contributed by atoms with E-state index in [-0.39, 0.29) is 11.9 Å². The molecule has 0 spiro atoms. The van der Waals surface area contributed by atoms with Crippen LogP contribution < -0.4 is 5.32 Å². The van der Waals surface area contributed by atoms with Gasteiger partial charge in [-0.05, 0) is 46.5 Å². The quantitative estimate of drug-likeness (QED) is 0.796. The number of alkyl carbamates (subject to hydrolysis) is 1. The van der Waals surface area contributed by atoms with Gasteiger partial charge in [-0.3, -0.25) is 4.79 Å². The van der Waals surface area contributed by atoms with Crippen LogP contribution in [0.5, 0.6) is 0 Å². The van der Waals surface area contributed by atoms with E-state index in [0.29, 0.717) is 25.7 Å². The molecular formula is C14H22N2O5. The summed E-state index contributed by atoms with van der Waals surface area (Å²) in [5.74, 6) is -1.30. The van der Waals surface area contributed by atoms with Gasteiger partial charge in [0.15, 0.2) is 0 Å². The second-order valence-electron chi connectivity index (χ2n) is 6.61. The number of hydrogen-bond acceptors (Lipinski definition) is 4. The molecule has 3 atom stereocenters. The lowest BCUT2D eigenvalue weighted by atomic mass is 9.98. The summed E-state index contributed by atoms with van der Waals surface area (Å²) in [4.78, 5) is 36.8. The van der Waals surface area contributed by atoms with Crippen LogP contribution in [0.4, 0.5) is 4.79 Å². The first-order chi connectivity index (χ1) is 9.69. The van der Waals surface area contributed by atoms with Crippen LogP contribution in [-0.2, 0) is 14.3 Å². The number of aliphatic carboxylic acids is 1. The second-order valence-corrected chi connectivity index (χ2v) is 6.61. The van der Waals surface area contributed by atoms with Crippen molar-refractivity contribution in [1.82, 2.24) is 10.2 Å². The van der Waals surface area contributed by atoms with Crippen LogP contribution in [0.1, 0.15) is 46.5 Å². The number of fused-ring (bicyclic) bond motifs is 1. The number of nitrogens with one attached hydrogen (secondary N) is 1. The van der Waals surface area contributed by atoms with Gasteiger partial charge in [0.1, 0.15) is 17.7 Å². The highest BCUT2D eigenvalue weighted by atomic mass is 16.6. The number of nitrogens with zero attached hydrogens (tertiary/aromatic N) is 1. The predicted molar refractivity (Wildman–Crippen MR) is 73.7 cm³/mol. The Morgan fingerprint density at radius 1 is 1.24 bits per heavy atom. The highest BCUT2D eigenvalue weighted by Gasteiger charge is 2.46. The lowest BCUT2D eigenvalue weighted by Crippen LogP contribution is -2.57. The number of ether oxygens (including phenoxy) is 1. The summed E-state index contributed by atoms with van der Waals surface area (Å²) in [5.41, 5.74) is -0.637. The highest BCUT2D eigenvalue weighted by molar-refractivity contribution is 5.90. The van der Waals surface area contributed by atoms with Crippen molar-refractivity contribution in [2.75, 3.05) is 0 Å². The topological polar surface area (TPSA) is 95.9 Å². The molecule has 2 aliphatic heterocycles. The average molecular weight is 298 g/mol. The van der Waals surface area contributed by atoms with Crippen molar-refractivity contribution in [3.8, 4) is 0 Å². The summed E-state index contributed by atoms with van der Waals surface area (Å²) < 4.78 is 5.14. The number of amides is 2. The van der Waals surface area contributed by atoms with Crippen LogP contribution in [0.25, 0.3) is 0 Å². The molecule has 0 aromatic heterocycles. The standard InChI is InChI=1S/C14H22N2O5/c1-14(2,3)21-13(20)15-9-6-4-8-5-7-10(12(18)19)16(8)11(9)17/h8-10H,4-7H2,1-3H3,(H,15,20)(H,18,19)/t8-,9+,10-/m0/s1. The maximum absolute atomic E-state index is 12.4. The molecule has 2 N–H and O–H groups in total. The fraction of sp³-hybridized carbons (Fsp3) is 0.786. The van der Waals surface area contributed by atoms with Crippen LogP contribution >= 0.6 is 0 Å². The van der Waals surface area contributed by atoms with E-state index in [9.17, 15) is 19.5 Å². The third-order valence-electron chi connectivity index (χ3n) is 3.82. The fourth-order valence-electron chi connectivity index (χ4n) is 2.99. The maximum atomic E-state index is 12.4. The van der Waals surface area contributed by atoms with E-state index in [2.05, 4.69) is 5.32 Å². The van der Waals surface area contributed by atoms with Gasteiger partial charge in [0.05, 0.1) is 0 Å². The summed E-state index contributed by atoms with van der Waals surface area (Å²) in [6.45, 7) is 5.23. The summed E-state index contributed by atoms with van der Waals surface area (Å²) in [5, 5.41) is 11.7. The number of hydrogen-bond donors (Lipinski definition) is 2. The first-order valence-electron chi connectivity index (χ1n) is 7.23. The van der Waals surface area contributed by atoms with Gasteiger partial charge in [-0.15, -0.1) is 0 Å². The lowest BCUT2D eigenvalue weighted by Gasteiger charge is -2.37. The molecular weight excluding hydrogens is 276 g/mol. The Balaban J connectivity index is 2.02. The summed E-state index contributed by atoms with van der Waals surface area (Å²) in [6.07, 6.45) is 1.76. The Morgan fingerprint density at radius 3 is 2.43 bits per heavy atom. The van der Waals surface area contributed by atoms with Gasteiger partial charge in [-0.1, -0.05) is 0 Å². The molecule has 0 aliphatic carbocycles. The van der Waals surface area contributed by atoms with E-state index in [1.807, 2.05) is 0 Å². The highest BCUT2D eigenvalue weighted by Crippen LogP contribution is 2.32. The molecule has 0 unspecified atom stereocenters. The molecule has 2 amide bonds. The Labute approximate surface area is 123 Å². The van der Waals surface area contributed by atoms with Gasteiger partial charge >= 0.3 is 12.1 Å². The molecule has 2 rings (SSSR count). The Bertz CT molecular complexity index is 457. The van der Waals surface area contributed by atoms with Crippen LogP contribution in [0.2, 0.25) is 0 Å². The minimum atomic E-state index is -0.983. The molecule has 7 heteroatoms. The summed E-state index contributed by atoms with van der Waals surface area (Å²) in [7, 11) is 0. The third kappa shape index (κ3) is 3.46. The van der Waals surface area contributed by atoms with Crippen molar-refractivity contribution in [3.05, 3.63) is 0 Å². The smallest absolute Gasteiger partial charge is 0.408 e. The van der Waals surface area contributed by atoms with E-state index in [1.165, 1.54) is 4.90 Å². The average Bonchev–Trinajstić information content (AvgIpc) is 2.75. The van der Waals surface area contributed by atoms with Crippen molar-refractivity contribution >= 4 is 18.0 Å². The van der Waals surface area contributed by atoms with Crippen molar-refractivity contribution in [2.45, 2.75) is 70.2 Å². The fourth-order valence-corrected chi connectivity index (χ4v) is 2.99. The second kappa shape index (κ2) is 5.54. The Morgan fingerprint density at radius 2 is 1.86 bits per heavy atom. The minimum absolute atomic E-state index is 0.0183. The minimum Gasteiger partial charge on any atom is -0.480 e. The molecule has 2 aliphatic rings. The molecule has 2 fully saturated rings. The zero-order chi connectivity index (χ0) is 15.8. The first kappa shape index (κ1) is 15.6. The first-order valence-corrected chi connectivity index (χ1v) is 7.23. The monoisotopic (exact) mass is 298 g/mol. The maximum Gasteiger partial charge on any atom is 0.408 e. The van der Waals surface area contributed by atoms with Crippen molar-refractivity contribution in [2.24, 2.45) is 0 Å². The third-order valence-corrected chi connectivity index (χ3v) is 3.82. The van der Waals surface area contributed by atoms with E-state index >= 15 is 0 Å². The van der Waals surface area contributed by atoms with E-state index in [0.717, 1.165) is 0 Å². The number of carbonyl (C=O) groups is 3. The summed E-state index contributed by atoms with van der Waals surface area (Å²) in [6, 6.07) is -1.49. The molecule has 118 valence electrons. The molecule has 2 heterocycles. The van der Waals surface area contributed by atoms with Crippen LogP contribution in [0.15, 0.2) is 0 Å². The molecule has 0 aromatic rings. The molecule has 0 bridgehead atoms. The van der Waals surface area contributed by atoms with Crippen molar-refractivity contribution in [1.29, 1.82) is 0 Å². The van der Waals surface area contributed by atoms with E-state index in [1.54, 1.807) is 20.8 Å². The molecule has 0 radical (unpaired) electrons. The lowest BCUT2D eigenvalue weighted by molar-refractivity contribution is -0.152. The number of rotatable bonds is 2. The summed E-state index contributed by atoms with van der Waals surface area (Å²) >= 11 is 0. The van der Waals surface area contributed by atoms with E-state index in [4.69, 9.17) is 4.74 Å². The van der Waals surface area contributed by atoms with Gasteiger partial charge in [0.25, 0.3) is 0 Å². The van der Waals surface area contributed by atoms with Gasteiger partial charge in [0, 0.05) is 6.04 Å². The Hall–Kier alpha value is -1.79. The molecule has 7 nitrogen and oxygen atoms in total. The number of piperidine rings is 1. The van der Waals surface area contributed by atoms with Gasteiger partial charge in [-0.25, -0.2) is 9.59 Å². The van der Waals surface area contributed by atoms with Crippen LogP contribution in [-0.4, -0.2) is 51.7 Å². The van der Waals surface area contributed by atoms with Crippen LogP contribution in [0, 0.1) is 0 Å². The molecule has 0 aromatic carbocycles. The Kier molecular flexibility index (Phi) is 4.11. The molecule has 0 saturated carbocycles. The van der Waals surface area contributed by atoms with Gasteiger partial charge in [-0.2, -0.15) is 0 Å². The number of carbonyl (C=O) groups excluding carboxylic acids is 2. The van der Waals surface area contributed by atoms with Crippen LogP contribution in [0.3, 0.4) is 0 Å². The number of carboxylic acid groups (broad SMARTS) is 1. The van der Waals surface area contributed by atoms with Gasteiger partial charge in [0.2, 0.25) is 5.91 Å². The predicted octanol–water partition coefficient (Wildman–Crippen LogP) is 1.12. The SMILES string of the molecule is CC(C)(C)OC(=O)N[C@@H]1CC[C@H]2CC[C@@H](C(=O)O)N2C1=O. The normalized spacial score (nSPS) is 29.0. The molecule has 21 heavy (non-hydrogen) atoms. The van der Waals surface area contributed by atoms with E-state index < -0.39 is 29.7 Å². The number of carboxylic acids is 1. The van der Waals surface area contributed by atoms with Crippen molar-refractivity contribution in [3.63, 3.8) is 0 Å². The van der Waals surface area contributed by atoms with Gasteiger partial charge < -0.3 is 20.1 Å². The zero-order valence-corrected chi connectivity index (χ0v) is 12.6. The molecule has 2 saturated heterocycles. The largest absolute Gasteiger partial charge is 0.480 e. The van der Waals surface area contributed by atoms with Crippen molar-refractivity contribution < 1.29 is 24.2 Å².